The maximum Gasteiger partial charge on any atom is 0.410 e. The Balaban J connectivity index is 1.71. The molecular weight excluding hydrogens is 480 g/mol. The Morgan fingerprint density at radius 2 is 1.92 bits per heavy atom. The van der Waals surface area contributed by atoms with Crippen LogP contribution in [0.3, 0.4) is 0 Å². The van der Waals surface area contributed by atoms with E-state index in [9.17, 15) is 14.4 Å². The summed E-state index contributed by atoms with van der Waals surface area (Å²) in [5, 5.41) is 9.63. The van der Waals surface area contributed by atoms with Crippen LogP contribution in [0.25, 0.3) is 21.5 Å². The van der Waals surface area contributed by atoms with Gasteiger partial charge in [-0.05, 0) is 50.8 Å². The van der Waals surface area contributed by atoms with Crippen molar-refractivity contribution in [2.24, 2.45) is 5.73 Å². The Labute approximate surface area is 213 Å². The lowest BCUT2D eigenvalue weighted by Crippen LogP contribution is -2.35. The minimum Gasteiger partial charge on any atom is -0.481 e. The number of hydrogen-bond donors (Lipinski definition) is 3. The summed E-state index contributed by atoms with van der Waals surface area (Å²) in [5.41, 5.74) is 15.1. The van der Waals surface area contributed by atoms with E-state index in [-0.39, 0.29) is 23.3 Å². The average Bonchev–Trinajstić information content (AvgIpc) is 3.42. The quantitative estimate of drug-likeness (QED) is 0.445. The van der Waals surface area contributed by atoms with Gasteiger partial charge in [0, 0.05) is 36.4 Å². The first kappa shape index (κ1) is 25.4. The van der Waals surface area contributed by atoms with E-state index in [1.807, 2.05) is 51.1 Å². The zero-order valence-electron chi connectivity index (χ0n) is 20.5. The number of amides is 2. The number of benzene rings is 1. The number of carboxylic acids is 1. The second-order valence-corrected chi connectivity index (χ2v) is 11.0. The summed E-state index contributed by atoms with van der Waals surface area (Å²) in [6.07, 6.45) is 0.865. The molecule has 1 aromatic carbocycles. The average molecular weight is 511 g/mol. The first-order valence-corrected chi connectivity index (χ1v) is 12.6. The molecule has 0 bridgehead atoms. The fourth-order valence-corrected chi connectivity index (χ4v) is 5.38. The minimum atomic E-state index is -0.839. The number of aromatic nitrogens is 1. The summed E-state index contributed by atoms with van der Waals surface area (Å²) in [6.45, 7) is 6.51. The number of pyridine rings is 1. The number of primary amides is 1. The number of aryl methyl sites for hydroxylation is 1. The van der Waals surface area contributed by atoms with Gasteiger partial charge in [0.1, 0.15) is 15.3 Å². The SMILES string of the molecule is CC(C)(C)OC(=O)N1CCC(c2cc(-c3ccc(CCC(=O)O)cc3)nc3sc(C(N)=O)c(N)c23)C1. The van der Waals surface area contributed by atoms with Gasteiger partial charge in [-0.3, -0.25) is 9.59 Å². The Morgan fingerprint density at radius 3 is 2.53 bits per heavy atom. The Hall–Kier alpha value is -3.66. The summed E-state index contributed by atoms with van der Waals surface area (Å²) >= 11 is 1.16. The van der Waals surface area contributed by atoms with Crippen LogP contribution in [0.15, 0.2) is 30.3 Å². The van der Waals surface area contributed by atoms with Crippen LogP contribution in [-0.2, 0) is 16.0 Å². The Bertz CT molecular complexity index is 1330. The van der Waals surface area contributed by atoms with Gasteiger partial charge in [-0.25, -0.2) is 9.78 Å². The third-order valence-electron chi connectivity index (χ3n) is 6.11. The largest absolute Gasteiger partial charge is 0.481 e. The van der Waals surface area contributed by atoms with Crippen molar-refractivity contribution in [3.63, 3.8) is 0 Å². The second-order valence-electron chi connectivity index (χ2n) is 9.99. The summed E-state index contributed by atoms with van der Waals surface area (Å²) in [5.74, 6) is -1.46. The fourth-order valence-electron chi connectivity index (χ4n) is 4.40. The number of nitrogens with two attached hydrogens (primary N) is 2. The monoisotopic (exact) mass is 510 g/mol. The molecule has 3 aromatic rings. The van der Waals surface area contributed by atoms with Crippen LogP contribution in [0.4, 0.5) is 10.5 Å². The van der Waals surface area contributed by atoms with Gasteiger partial charge in [-0.15, -0.1) is 11.3 Å². The summed E-state index contributed by atoms with van der Waals surface area (Å²) < 4.78 is 5.55. The lowest BCUT2D eigenvalue weighted by molar-refractivity contribution is -0.136. The third-order valence-corrected chi connectivity index (χ3v) is 7.22. The van der Waals surface area contributed by atoms with E-state index in [0.29, 0.717) is 47.5 Å². The second kappa shape index (κ2) is 9.77. The number of nitrogens with zero attached hydrogens (tertiary/aromatic N) is 2. The predicted octanol–water partition coefficient (Wildman–Crippen LogP) is 4.39. The molecule has 190 valence electrons. The predicted molar refractivity (Wildman–Crippen MR) is 139 cm³/mol. The first-order chi connectivity index (χ1) is 16.9. The van der Waals surface area contributed by atoms with E-state index in [1.165, 1.54) is 0 Å². The highest BCUT2D eigenvalue weighted by Crippen LogP contribution is 2.42. The molecule has 0 radical (unpaired) electrons. The minimum absolute atomic E-state index is 0.0192. The number of carboxylic acid groups (broad SMARTS) is 1. The van der Waals surface area contributed by atoms with E-state index < -0.39 is 17.5 Å². The van der Waals surface area contributed by atoms with Crippen LogP contribution < -0.4 is 11.5 Å². The standard InChI is InChI=1S/C26H30N4O5S/c1-26(2,3)35-25(34)30-11-10-16(13-30)17-12-18(15-7-4-14(5-8-15)6-9-19(31)32)29-24-20(17)21(27)22(36-24)23(28)33/h4-5,7-8,12,16H,6,9-11,13,27H2,1-3H3,(H2,28,33)(H,31,32). The summed E-state index contributed by atoms with van der Waals surface area (Å²) in [6, 6.07) is 9.56. The number of carbonyl (C=O) groups is 3. The molecule has 36 heavy (non-hydrogen) atoms. The van der Waals surface area contributed by atoms with Crippen LogP contribution in [0.5, 0.6) is 0 Å². The number of likely N-dealkylation sites (tertiary alicyclic amines) is 1. The van der Waals surface area contributed by atoms with E-state index in [0.717, 1.165) is 28.0 Å². The number of carbonyl (C=O) groups excluding carboxylic acids is 2. The van der Waals surface area contributed by atoms with Crippen LogP contribution in [0.2, 0.25) is 0 Å². The molecule has 0 spiro atoms. The van der Waals surface area contributed by atoms with Gasteiger partial charge in [0.15, 0.2) is 0 Å². The lowest BCUT2D eigenvalue weighted by Gasteiger charge is -2.24. The van der Waals surface area contributed by atoms with Crippen LogP contribution in [0, 0.1) is 0 Å². The molecule has 2 amide bonds. The lowest BCUT2D eigenvalue weighted by atomic mass is 9.93. The van der Waals surface area contributed by atoms with Gasteiger partial charge in [0.05, 0.1) is 11.4 Å². The third kappa shape index (κ3) is 5.43. The summed E-state index contributed by atoms with van der Waals surface area (Å²) in [4.78, 5) is 42.9. The number of nitrogen functional groups attached to an aromatic ring is 1. The molecule has 9 nitrogen and oxygen atoms in total. The number of fused-ring (bicyclic) bond motifs is 1. The van der Waals surface area contributed by atoms with Crippen molar-refractivity contribution in [3.8, 4) is 11.3 Å². The van der Waals surface area contributed by atoms with Crippen molar-refractivity contribution in [2.75, 3.05) is 18.8 Å². The molecule has 1 atom stereocenters. The van der Waals surface area contributed by atoms with Crippen molar-refractivity contribution in [2.45, 2.75) is 51.6 Å². The molecule has 2 aromatic heterocycles. The fraction of sp³-hybridized carbons (Fsp3) is 0.385. The zero-order valence-corrected chi connectivity index (χ0v) is 21.4. The molecule has 1 aliphatic heterocycles. The molecule has 10 heteroatoms. The van der Waals surface area contributed by atoms with Crippen LogP contribution in [-0.4, -0.2) is 51.7 Å². The van der Waals surface area contributed by atoms with E-state index >= 15 is 0 Å². The molecule has 1 fully saturated rings. The molecular formula is C26H30N4O5S. The number of anilines is 1. The van der Waals surface area contributed by atoms with Gasteiger partial charge >= 0.3 is 12.1 Å². The zero-order chi connectivity index (χ0) is 26.2. The molecule has 1 saturated heterocycles. The molecule has 5 N–H and O–H groups in total. The number of ether oxygens (including phenoxy) is 1. The van der Waals surface area contributed by atoms with Crippen LogP contribution in [0.1, 0.15) is 60.3 Å². The van der Waals surface area contributed by atoms with Crippen molar-refractivity contribution >= 4 is 45.2 Å². The molecule has 3 heterocycles. The van der Waals surface area contributed by atoms with Gasteiger partial charge in [0.2, 0.25) is 0 Å². The van der Waals surface area contributed by atoms with Gasteiger partial charge in [-0.1, -0.05) is 24.3 Å². The molecule has 0 saturated carbocycles. The highest BCUT2D eigenvalue weighted by Gasteiger charge is 2.33. The molecule has 4 rings (SSSR count). The number of thiophene rings is 1. The maximum absolute atomic E-state index is 12.6. The van der Waals surface area contributed by atoms with Crippen molar-refractivity contribution in [1.29, 1.82) is 0 Å². The van der Waals surface area contributed by atoms with Gasteiger partial charge in [-0.2, -0.15) is 0 Å². The highest BCUT2D eigenvalue weighted by molar-refractivity contribution is 7.21. The van der Waals surface area contributed by atoms with Gasteiger partial charge < -0.3 is 26.2 Å². The van der Waals surface area contributed by atoms with Crippen LogP contribution >= 0.6 is 11.3 Å². The van der Waals surface area contributed by atoms with E-state index in [2.05, 4.69) is 0 Å². The number of rotatable bonds is 6. The molecule has 0 aliphatic carbocycles. The van der Waals surface area contributed by atoms with E-state index in [4.69, 9.17) is 26.3 Å². The van der Waals surface area contributed by atoms with Crippen molar-refractivity contribution in [1.82, 2.24) is 9.88 Å². The van der Waals surface area contributed by atoms with Crippen molar-refractivity contribution in [3.05, 3.63) is 46.3 Å². The van der Waals surface area contributed by atoms with Crippen molar-refractivity contribution < 1.29 is 24.2 Å². The smallest absolute Gasteiger partial charge is 0.410 e. The first-order valence-electron chi connectivity index (χ1n) is 11.7. The van der Waals surface area contributed by atoms with E-state index in [1.54, 1.807) is 4.90 Å². The maximum atomic E-state index is 12.6. The topological polar surface area (TPSA) is 149 Å². The normalized spacial score (nSPS) is 15.9. The number of aliphatic carboxylic acids is 1. The summed E-state index contributed by atoms with van der Waals surface area (Å²) in [7, 11) is 0. The molecule has 1 unspecified atom stereocenters. The highest BCUT2D eigenvalue weighted by atomic mass is 32.1. The Morgan fingerprint density at radius 1 is 1.22 bits per heavy atom. The van der Waals surface area contributed by atoms with Gasteiger partial charge in [0.25, 0.3) is 5.91 Å². The number of hydrogen-bond acceptors (Lipinski definition) is 7. The molecule has 1 aliphatic rings. The Kier molecular flexibility index (Phi) is 6.90.